The molecule has 37 heavy (non-hydrogen) atoms. The van der Waals surface area contributed by atoms with Gasteiger partial charge in [0.15, 0.2) is 0 Å². The van der Waals surface area contributed by atoms with E-state index in [1.807, 2.05) is 27.7 Å². The van der Waals surface area contributed by atoms with Crippen molar-refractivity contribution < 1.29 is 29.0 Å². The molecule has 2 bridgehead atoms. The number of anilines is 1. The van der Waals surface area contributed by atoms with Gasteiger partial charge in [-0.3, -0.25) is 14.4 Å². The first-order valence-electron chi connectivity index (χ1n) is 13.0. The summed E-state index contributed by atoms with van der Waals surface area (Å²) in [6, 6.07) is 5.20. The van der Waals surface area contributed by atoms with Crippen LogP contribution in [0.15, 0.2) is 36.9 Å². The number of amides is 2. The van der Waals surface area contributed by atoms with Crippen molar-refractivity contribution in [2.24, 2.45) is 23.7 Å². The Kier molecular flexibility index (Phi) is 7.49. The maximum Gasteiger partial charge on any atom is 0.312 e. The SMILES string of the molecule is C=CCN(C(=O)C1N([C@@H](CO)C(C)C)C(=O)[C@@H]2[C@H](C(=O)OCC)[C@@]3(C)OC12CC3C)c1ccc(Cl)cc1. The van der Waals surface area contributed by atoms with Crippen molar-refractivity contribution in [2.75, 3.05) is 24.7 Å². The summed E-state index contributed by atoms with van der Waals surface area (Å²) in [5, 5.41) is 10.9. The van der Waals surface area contributed by atoms with Gasteiger partial charge in [0.2, 0.25) is 5.91 Å². The van der Waals surface area contributed by atoms with Gasteiger partial charge in [0.05, 0.1) is 30.8 Å². The molecule has 0 saturated carbocycles. The predicted molar refractivity (Wildman–Crippen MR) is 140 cm³/mol. The van der Waals surface area contributed by atoms with E-state index in [4.69, 9.17) is 21.1 Å². The smallest absolute Gasteiger partial charge is 0.312 e. The van der Waals surface area contributed by atoms with Crippen LogP contribution in [0.25, 0.3) is 0 Å². The van der Waals surface area contributed by atoms with Crippen LogP contribution < -0.4 is 4.90 Å². The number of esters is 1. The van der Waals surface area contributed by atoms with Crippen LogP contribution in [-0.4, -0.2) is 70.8 Å². The minimum absolute atomic E-state index is 0.101. The van der Waals surface area contributed by atoms with E-state index in [-0.39, 0.29) is 43.4 Å². The molecule has 3 heterocycles. The number of likely N-dealkylation sites (tertiary alicyclic amines) is 1. The van der Waals surface area contributed by atoms with E-state index in [1.54, 1.807) is 42.2 Å². The summed E-state index contributed by atoms with van der Waals surface area (Å²) in [4.78, 5) is 45.1. The zero-order valence-electron chi connectivity index (χ0n) is 22.1. The molecule has 2 amide bonds. The van der Waals surface area contributed by atoms with Gasteiger partial charge in [0.1, 0.15) is 17.6 Å². The second-order valence-electron chi connectivity index (χ2n) is 10.9. The average molecular weight is 533 g/mol. The van der Waals surface area contributed by atoms with E-state index in [2.05, 4.69) is 6.58 Å². The molecule has 7 atom stereocenters. The number of aliphatic hydroxyl groups is 1. The minimum atomic E-state index is -1.23. The van der Waals surface area contributed by atoms with Gasteiger partial charge in [-0.25, -0.2) is 0 Å². The molecule has 9 heteroatoms. The highest BCUT2D eigenvalue weighted by Crippen LogP contribution is 2.65. The van der Waals surface area contributed by atoms with Crippen molar-refractivity contribution in [3.8, 4) is 0 Å². The monoisotopic (exact) mass is 532 g/mol. The summed E-state index contributed by atoms with van der Waals surface area (Å²) in [7, 11) is 0. The van der Waals surface area contributed by atoms with Crippen LogP contribution in [0.5, 0.6) is 0 Å². The van der Waals surface area contributed by atoms with Crippen LogP contribution >= 0.6 is 11.6 Å². The number of nitrogens with zero attached hydrogens (tertiary/aromatic N) is 2. The molecule has 3 unspecified atom stereocenters. The second kappa shape index (κ2) is 10.0. The van der Waals surface area contributed by atoms with Crippen molar-refractivity contribution in [3.63, 3.8) is 0 Å². The Bertz CT molecular complexity index is 1080. The summed E-state index contributed by atoms with van der Waals surface area (Å²) >= 11 is 6.10. The van der Waals surface area contributed by atoms with Crippen LogP contribution in [0.2, 0.25) is 5.02 Å². The first-order valence-corrected chi connectivity index (χ1v) is 13.3. The third-order valence-corrected chi connectivity index (χ3v) is 8.81. The minimum Gasteiger partial charge on any atom is -0.466 e. The lowest BCUT2D eigenvalue weighted by Crippen LogP contribution is -2.60. The molecule has 1 aromatic rings. The van der Waals surface area contributed by atoms with Crippen molar-refractivity contribution in [1.29, 1.82) is 0 Å². The number of carbonyl (C=O) groups is 3. The molecule has 3 aliphatic rings. The number of carbonyl (C=O) groups excluding carboxylic acids is 3. The Morgan fingerprint density at radius 3 is 2.54 bits per heavy atom. The van der Waals surface area contributed by atoms with Gasteiger partial charge in [0, 0.05) is 17.3 Å². The number of hydrogen-bond acceptors (Lipinski definition) is 6. The number of halogens is 1. The number of rotatable bonds is 9. The summed E-state index contributed by atoms with van der Waals surface area (Å²) in [5.41, 5.74) is -1.58. The van der Waals surface area contributed by atoms with E-state index < -0.39 is 41.1 Å². The Balaban J connectivity index is 1.89. The number of ether oxygens (including phenoxy) is 2. The summed E-state index contributed by atoms with van der Waals surface area (Å²) in [6.45, 7) is 13.2. The predicted octanol–water partition coefficient (Wildman–Crippen LogP) is 3.45. The van der Waals surface area contributed by atoms with Crippen molar-refractivity contribution >= 4 is 35.1 Å². The first-order chi connectivity index (χ1) is 17.5. The number of fused-ring (bicyclic) bond motifs is 1. The van der Waals surface area contributed by atoms with E-state index in [9.17, 15) is 19.5 Å². The van der Waals surface area contributed by atoms with Crippen LogP contribution in [-0.2, 0) is 23.9 Å². The van der Waals surface area contributed by atoms with Gasteiger partial charge in [-0.1, -0.05) is 38.4 Å². The maximum atomic E-state index is 14.5. The fraction of sp³-hybridized carbons (Fsp3) is 0.607. The highest BCUT2D eigenvalue weighted by molar-refractivity contribution is 6.30. The van der Waals surface area contributed by atoms with Gasteiger partial charge in [-0.05, 0) is 56.4 Å². The third kappa shape index (κ3) is 4.08. The Hall–Kier alpha value is -2.42. The van der Waals surface area contributed by atoms with Crippen molar-refractivity contribution in [2.45, 2.75) is 64.3 Å². The molecule has 0 radical (unpaired) electrons. The van der Waals surface area contributed by atoms with Crippen LogP contribution in [0.4, 0.5) is 5.69 Å². The summed E-state index contributed by atoms with van der Waals surface area (Å²) in [5.74, 6) is -3.17. The lowest BCUT2D eigenvalue weighted by molar-refractivity contribution is -0.162. The molecular formula is C28H37ClN2O6. The molecule has 0 aromatic heterocycles. The van der Waals surface area contributed by atoms with Gasteiger partial charge in [-0.2, -0.15) is 0 Å². The molecule has 1 spiro atoms. The van der Waals surface area contributed by atoms with Gasteiger partial charge in [0.25, 0.3) is 5.91 Å². The van der Waals surface area contributed by atoms with Crippen LogP contribution in [0.3, 0.4) is 0 Å². The molecule has 4 rings (SSSR count). The number of benzene rings is 1. The fourth-order valence-electron chi connectivity index (χ4n) is 6.74. The average Bonchev–Trinajstić information content (AvgIpc) is 3.35. The van der Waals surface area contributed by atoms with Crippen molar-refractivity contribution in [1.82, 2.24) is 4.90 Å². The third-order valence-electron chi connectivity index (χ3n) is 8.56. The van der Waals surface area contributed by atoms with Gasteiger partial charge < -0.3 is 24.4 Å². The Morgan fingerprint density at radius 2 is 2.00 bits per heavy atom. The molecule has 1 N–H and O–H groups in total. The standard InChI is InChI=1S/C28H37ClN2O6/c1-7-13-30(19-11-9-18(29)10-12-19)25(34)23-28-14-17(5)27(6,37-28)22(26(35)36-8-2)21(28)24(33)31(23)20(15-32)16(3)4/h7,9-12,16-17,20-23,32H,1,8,13-15H2,2-6H3/t17?,20-,21-,22+,23?,27-,28?/m0/s1. The Labute approximate surface area is 223 Å². The molecule has 1 aromatic carbocycles. The highest BCUT2D eigenvalue weighted by atomic mass is 35.5. The van der Waals surface area contributed by atoms with Crippen LogP contribution in [0.1, 0.15) is 41.0 Å². The first kappa shape index (κ1) is 27.6. The highest BCUT2D eigenvalue weighted by Gasteiger charge is 2.80. The molecular weight excluding hydrogens is 496 g/mol. The summed E-state index contributed by atoms with van der Waals surface area (Å²) in [6.07, 6.45) is 2.05. The van der Waals surface area contributed by atoms with Crippen molar-refractivity contribution in [3.05, 3.63) is 41.9 Å². The second-order valence-corrected chi connectivity index (χ2v) is 11.3. The Morgan fingerprint density at radius 1 is 1.35 bits per heavy atom. The molecule has 3 saturated heterocycles. The van der Waals surface area contributed by atoms with E-state index in [0.717, 1.165) is 0 Å². The zero-order valence-corrected chi connectivity index (χ0v) is 22.9. The van der Waals surface area contributed by atoms with Gasteiger partial charge in [-0.15, -0.1) is 6.58 Å². The lowest BCUT2D eigenvalue weighted by atomic mass is 9.62. The lowest BCUT2D eigenvalue weighted by Gasteiger charge is -2.40. The quantitative estimate of drug-likeness (QED) is 0.386. The molecule has 3 aliphatic heterocycles. The number of hydrogen-bond donors (Lipinski definition) is 1. The normalized spacial score (nSPS) is 33.0. The fourth-order valence-corrected chi connectivity index (χ4v) is 6.87. The molecule has 0 aliphatic carbocycles. The molecule has 8 nitrogen and oxygen atoms in total. The maximum absolute atomic E-state index is 14.5. The largest absolute Gasteiger partial charge is 0.466 e. The topological polar surface area (TPSA) is 96.4 Å². The summed E-state index contributed by atoms with van der Waals surface area (Å²) < 4.78 is 12.1. The van der Waals surface area contributed by atoms with E-state index in [1.165, 1.54) is 4.90 Å². The van der Waals surface area contributed by atoms with Crippen LogP contribution in [0, 0.1) is 23.7 Å². The van der Waals surface area contributed by atoms with E-state index in [0.29, 0.717) is 17.1 Å². The molecule has 3 fully saturated rings. The molecule has 202 valence electrons. The number of aliphatic hydroxyl groups excluding tert-OH is 1. The van der Waals surface area contributed by atoms with E-state index >= 15 is 0 Å². The zero-order chi connectivity index (χ0) is 27.3. The van der Waals surface area contributed by atoms with Gasteiger partial charge >= 0.3 is 5.97 Å².